The number of ether oxygens (including phenoxy) is 1. The number of hydrogen-bond acceptors (Lipinski definition) is 4. The lowest BCUT2D eigenvalue weighted by Crippen LogP contribution is -2.45. The van der Waals surface area contributed by atoms with E-state index >= 15 is 0 Å². The molecule has 1 saturated heterocycles. The molecule has 1 aliphatic rings. The molecule has 1 unspecified atom stereocenters. The second kappa shape index (κ2) is 6.54. The molecule has 6 heteroatoms. The van der Waals surface area contributed by atoms with Crippen LogP contribution in [0.3, 0.4) is 0 Å². The summed E-state index contributed by atoms with van der Waals surface area (Å²) < 4.78 is 6.59. The molecule has 1 aromatic heterocycles. The summed E-state index contributed by atoms with van der Waals surface area (Å²) in [5.41, 5.74) is 0.367. The molecule has 0 aliphatic carbocycles. The number of aryl methyl sites for hydroxylation is 1. The molecule has 1 aromatic rings. The van der Waals surface area contributed by atoms with Crippen molar-refractivity contribution in [1.82, 2.24) is 14.7 Å². The zero-order valence-corrected chi connectivity index (χ0v) is 12.0. The number of likely N-dealkylation sites (tertiary alicyclic amines) is 1. The maximum Gasteiger partial charge on any atom is 0.341 e. The van der Waals surface area contributed by atoms with Crippen molar-refractivity contribution in [2.24, 2.45) is 7.05 Å². The van der Waals surface area contributed by atoms with E-state index in [0.717, 1.165) is 32.2 Å². The van der Waals surface area contributed by atoms with Crippen LogP contribution in [0.5, 0.6) is 0 Å². The summed E-state index contributed by atoms with van der Waals surface area (Å²) in [4.78, 5) is 25.7. The van der Waals surface area contributed by atoms with E-state index in [4.69, 9.17) is 4.74 Å². The maximum absolute atomic E-state index is 12.1. The van der Waals surface area contributed by atoms with Gasteiger partial charge in [-0.1, -0.05) is 6.92 Å². The minimum atomic E-state index is -0.503. The number of carbonyl (C=O) groups is 2. The molecular formula is C14H21N3O3. The number of hydrogen-bond donors (Lipinski definition) is 0. The molecule has 1 amide bonds. The minimum Gasteiger partial charge on any atom is -0.452 e. The van der Waals surface area contributed by atoms with Gasteiger partial charge in [-0.2, -0.15) is 5.10 Å². The van der Waals surface area contributed by atoms with Crippen LogP contribution in [0.1, 0.15) is 43.0 Å². The summed E-state index contributed by atoms with van der Waals surface area (Å²) in [5, 5.41) is 3.90. The van der Waals surface area contributed by atoms with Gasteiger partial charge in [-0.25, -0.2) is 4.79 Å². The average molecular weight is 279 g/mol. The number of aromatic nitrogens is 2. The number of piperidine rings is 1. The first-order valence-corrected chi connectivity index (χ1v) is 7.07. The summed E-state index contributed by atoms with van der Waals surface area (Å²) in [6.45, 7) is 2.66. The summed E-state index contributed by atoms with van der Waals surface area (Å²) in [7, 11) is 1.72. The Morgan fingerprint density at radius 1 is 1.45 bits per heavy atom. The molecule has 1 atom stereocenters. The van der Waals surface area contributed by atoms with Crippen molar-refractivity contribution in [3.63, 3.8) is 0 Å². The summed E-state index contributed by atoms with van der Waals surface area (Å²) >= 11 is 0. The molecule has 2 heterocycles. The summed E-state index contributed by atoms with van der Waals surface area (Å²) in [6, 6.07) is 0.286. The largest absolute Gasteiger partial charge is 0.452 e. The Hall–Kier alpha value is -1.85. The number of rotatable bonds is 4. The molecule has 0 radical (unpaired) electrons. The molecule has 1 fully saturated rings. The van der Waals surface area contributed by atoms with Gasteiger partial charge in [0.2, 0.25) is 0 Å². The van der Waals surface area contributed by atoms with E-state index < -0.39 is 5.97 Å². The highest BCUT2D eigenvalue weighted by Crippen LogP contribution is 2.19. The normalized spacial score (nSPS) is 18.9. The summed E-state index contributed by atoms with van der Waals surface area (Å²) in [6.07, 6.45) is 7.18. The standard InChI is InChI=1S/C14H21N3O3/c1-3-12-6-4-5-7-17(12)13(18)10-20-14(19)11-8-15-16(2)9-11/h8-9,12H,3-7,10H2,1-2H3. The molecule has 0 spiro atoms. The van der Waals surface area contributed by atoms with Gasteiger partial charge in [0, 0.05) is 25.8 Å². The first kappa shape index (κ1) is 14.6. The Labute approximate surface area is 118 Å². The molecule has 6 nitrogen and oxygen atoms in total. The third kappa shape index (κ3) is 3.37. The Kier molecular flexibility index (Phi) is 4.76. The van der Waals surface area contributed by atoms with Crippen molar-refractivity contribution >= 4 is 11.9 Å². The predicted octanol–water partition coefficient (Wildman–Crippen LogP) is 1.37. The highest BCUT2D eigenvalue weighted by Gasteiger charge is 2.26. The molecule has 1 aliphatic heterocycles. The molecule has 0 aromatic carbocycles. The maximum atomic E-state index is 12.1. The SMILES string of the molecule is CCC1CCCCN1C(=O)COC(=O)c1cnn(C)c1. The molecule has 2 rings (SSSR count). The average Bonchev–Trinajstić information content (AvgIpc) is 2.91. The van der Waals surface area contributed by atoms with Crippen LogP contribution in [-0.4, -0.2) is 45.8 Å². The Bertz CT molecular complexity index is 484. The van der Waals surface area contributed by atoms with Gasteiger partial charge in [-0.3, -0.25) is 9.48 Å². The first-order chi connectivity index (χ1) is 9.61. The Morgan fingerprint density at radius 3 is 2.90 bits per heavy atom. The van der Waals surface area contributed by atoms with E-state index in [1.165, 1.54) is 10.9 Å². The van der Waals surface area contributed by atoms with Gasteiger partial charge >= 0.3 is 5.97 Å². The number of carbonyl (C=O) groups excluding carboxylic acids is 2. The van der Waals surface area contributed by atoms with Crippen LogP contribution in [0.25, 0.3) is 0 Å². The van der Waals surface area contributed by atoms with Gasteiger partial charge in [0.15, 0.2) is 6.61 Å². The monoisotopic (exact) mass is 279 g/mol. The van der Waals surface area contributed by atoms with Gasteiger partial charge in [0.05, 0.1) is 11.8 Å². The van der Waals surface area contributed by atoms with E-state index in [0.29, 0.717) is 5.56 Å². The van der Waals surface area contributed by atoms with Crippen LogP contribution < -0.4 is 0 Å². The van der Waals surface area contributed by atoms with Gasteiger partial charge in [0.25, 0.3) is 5.91 Å². The van der Waals surface area contributed by atoms with Crippen LogP contribution in [0, 0.1) is 0 Å². The van der Waals surface area contributed by atoms with Gasteiger partial charge in [0.1, 0.15) is 0 Å². The zero-order valence-electron chi connectivity index (χ0n) is 12.0. The minimum absolute atomic E-state index is 0.103. The van der Waals surface area contributed by atoms with E-state index in [1.807, 2.05) is 4.90 Å². The van der Waals surface area contributed by atoms with Crippen molar-refractivity contribution in [2.75, 3.05) is 13.2 Å². The summed E-state index contributed by atoms with van der Waals surface area (Å²) in [5.74, 6) is -0.606. The van der Waals surface area contributed by atoms with Crippen LogP contribution in [0.2, 0.25) is 0 Å². The van der Waals surface area contributed by atoms with Crippen LogP contribution in [0.15, 0.2) is 12.4 Å². The molecule has 20 heavy (non-hydrogen) atoms. The Balaban J connectivity index is 1.86. The Morgan fingerprint density at radius 2 is 2.25 bits per heavy atom. The molecule has 0 bridgehead atoms. The zero-order chi connectivity index (χ0) is 14.5. The first-order valence-electron chi connectivity index (χ1n) is 7.07. The van der Waals surface area contributed by atoms with Crippen molar-refractivity contribution in [3.8, 4) is 0 Å². The number of amides is 1. The third-order valence-corrected chi connectivity index (χ3v) is 3.69. The van der Waals surface area contributed by atoms with E-state index in [2.05, 4.69) is 12.0 Å². The van der Waals surface area contributed by atoms with Crippen molar-refractivity contribution in [1.29, 1.82) is 0 Å². The number of nitrogens with zero attached hydrogens (tertiary/aromatic N) is 3. The predicted molar refractivity (Wildman–Crippen MR) is 73.1 cm³/mol. The fourth-order valence-electron chi connectivity index (χ4n) is 2.57. The molecule has 0 saturated carbocycles. The van der Waals surface area contributed by atoms with E-state index in [-0.39, 0.29) is 18.6 Å². The second-order valence-corrected chi connectivity index (χ2v) is 5.12. The van der Waals surface area contributed by atoms with Crippen LogP contribution >= 0.6 is 0 Å². The van der Waals surface area contributed by atoms with E-state index in [1.54, 1.807) is 13.2 Å². The fourth-order valence-corrected chi connectivity index (χ4v) is 2.57. The van der Waals surface area contributed by atoms with Crippen molar-refractivity contribution < 1.29 is 14.3 Å². The van der Waals surface area contributed by atoms with Gasteiger partial charge in [-0.15, -0.1) is 0 Å². The fraction of sp³-hybridized carbons (Fsp3) is 0.643. The topological polar surface area (TPSA) is 64.4 Å². The van der Waals surface area contributed by atoms with Crippen molar-refractivity contribution in [3.05, 3.63) is 18.0 Å². The third-order valence-electron chi connectivity index (χ3n) is 3.69. The lowest BCUT2D eigenvalue weighted by molar-refractivity contribution is -0.138. The van der Waals surface area contributed by atoms with Crippen LogP contribution in [0.4, 0.5) is 0 Å². The van der Waals surface area contributed by atoms with Gasteiger partial charge in [-0.05, 0) is 25.7 Å². The van der Waals surface area contributed by atoms with Gasteiger partial charge < -0.3 is 9.64 Å². The number of esters is 1. The molecule has 0 N–H and O–H groups in total. The van der Waals surface area contributed by atoms with Crippen molar-refractivity contribution in [2.45, 2.75) is 38.6 Å². The smallest absolute Gasteiger partial charge is 0.341 e. The second-order valence-electron chi connectivity index (χ2n) is 5.12. The molecule has 110 valence electrons. The lowest BCUT2D eigenvalue weighted by Gasteiger charge is -2.35. The quantitative estimate of drug-likeness (QED) is 0.781. The molecular weight excluding hydrogens is 258 g/mol. The highest BCUT2D eigenvalue weighted by molar-refractivity contribution is 5.90. The van der Waals surface area contributed by atoms with Crippen LogP contribution in [-0.2, 0) is 16.6 Å². The highest BCUT2D eigenvalue weighted by atomic mass is 16.5. The van der Waals surface area contributed by atoms with E-state index in [9.17, 15) is 9.59 Å². The lowest BCUT2D eigenvalue weighted by atomic mass is 10.00.